The third-order valence-corrected chi connectivity index (χ3v) is 16.7. The average Bonchev–Trinajstić information content (AvgIpc) is 3.09. The summed E-state index contributed by atoms with van der Waals surface area (Å²) in [6.45, 7) is 9.37. The quantitative estimate of drug-likeness (QED) is 0.152. The predicted octanol–water partition coefficient (Wildman–Crippen LogP) is 19.4. The topological polar surface area (TPSA) is 67.3 Å². The normalized spacial score (nSPS) is 11.9. The van der Waals surface area contributed by atoms with Crippen LogP contribution < -0.4 is 0 Å². The third kappa shape index (κ3) is 6.70. The van der Waals surface area contributed by atoms with Gasteiger partial charge in [-0.05, 0) is 113 Å². The van der Waals surface area contributed by atoms with E-state index in [2.05, 4.69) is 264 Å². The Labute approximate surface area is 463 Å². The van der Waals surface area contributed by atoms with Crippen LogP contribution in [0.2, 0.25) is 0 Å². The van der Waals surface area contributed by atoms with Crippen molar-refractivity contribution in [3.05, 3.63) is 253 Å². The molecule has 0 N–H and O–H groups in total. The fraction of sp³-hybridized carbons (Fsp3) is 0.0811. The average molecular weight is 1030 g/mol. The predicted molar refractivity (Wildman–Crippen MR) is 332 cm³/mol. The van der Waals surface area contributed by atoms with E-state index in [-0.39, 0.29) is 11.8 Å². The zero-order valence-corrected chi connectivity index (χ0v) is 44.8. The van der Waals surface area contributed by atoms with E-state index >= 15 is 0 Å². The van der Waals surface area contributed by atoms with Crippen molar-refractivity contribution in [1.29, 1.82) is 10.5 Å². The van der Waals surface area contributed by atoms with Gasteiger partial charge in [0.05, 0.1) is 78.8 Å². The minimum absolute atomic E-state index is 0.0359. The summed E-state index contributed by atoms with van der Waals surface area (Å²) in [6.07, 6.45) is 0. The molecule has 15 aromatic rings. The smallest absolute Gasteiger partial charge is 0.0991 e. The van der Waals surface area contributed by atoms with Crippen molar-refractivity contribution in [3.63, 3.8) is 0 Å². The standard InChI is InChI=1S/C74H52N6/c1-45(2)65-67(49-35-31-47(43-75)32-36-49)73(79-59-27-15-11-23-53(59)55-39-41-63-69(71(55)79)57-25-13-17-29-61(57)77(63)51-19-7-5-8-20-51)66(46(3)4)74(68(65)50-37-33-48(44-76)34-38-50)80-60-28-16-12-24-54(60)56-40-42-64-70(72(56)80)58-26-14-18-30-62(58)78(64)52-21-9-6-10-22-52/h5-42,45-46H,1-4H3. The Balaban J connectivity index is 1.24. The summed E-state index contributed by atoms with van der Waals surface area (Å²) in [5.74, 6) is -0.108. The lowest BCUT2D eigenvalue weighted by molar-refractivity contribution is 0.827. The van der Waals surface area contributed by atoms with Gasteiger partial charge >= 0.3 is 0 Å². The lowest BCUT2D eigenvalue weighted by atomic mass is 9.78. The van der Waals surface area contributed by atoms with E-state index in [0.29, 0.717) is 11.1 Å². The Bertz CT molecular complexity index is 4790. The van der Waals surface area contributed by atoms with E-state index in [4.69, 9.17) is 0 Å². The van der Waals surface area contributed by atoms with Gasteiger partial charge < -0.3 is 18.3 Å². The van der Waals surface area contributed by atoms with E-state index in [1.807, 2.05) is 24.3 Å². The molecular formula is C74H52N6. The first-order valence-electron chi connectivity index (χ1n) is 27.6. The minimum Gasteiger partial charge on any atom is -0.309 e. The van der Waals surface area contributed by atoms with Crippen molar-refractivity contribution in [2.75, 3.05) is 0 Å². The second-order valence-electron chi connectivity index (χ2n) is 21.8. The van der Waals surface area contributed by atoms with Crippen LogP contribution in [0.4, 0.5) is 0 Å². The Kier molecular flexibility index (Phi) is 10.6. The Hall–Kier alpha value is -10.4. The molecule has 0 saturated heterocycles. The van der Waals surface area contributed by atoms with E-state index < -0.39 is 0 Å². The van der Waals surface area contributed by atoms with Crippen LogP contribution >= 0.6 is 0 Å². The number of hydrogen-bond donors (Lipinski definition) is 0. The van der Waals surface area contributed by atoms with Crippen molar-refractivity contribution in [1.82, 2.24) is 18.3 Å². The molecule has 6 heteroatoms. The molecule has 0 atom stereocenters. The molecule has 0 aliphatic carbocycles. The zero-order valence-electron chi connectivity index (χ0n) is 44.8. The highest BCUT2D eigenvalue weighted by atomic mass is 15.1. The number of fused-ring (bicyclic) bond motifs is 14. The van der Waals surface area contributed by atoms with Crippen molar-refractivity contribution in [2.45, 2.75) is 39.5 Å². The number of para-hydroxylation sites is 6. The Morgan fingerprint density at radius 1 is 0.300 bits per heavy atom. The SMILES string of the molecule is CC(C)c1c(-c2ccc(C#N)cc2)c(-n2c3ccccc3c3ccc4c(c5ccccc5n4-c4ccccc4)c32)c(C(C)C)c(-n2c3ccccc3c3ccc4c(c5ccccc5n4-c4ccccc4)c32)c1-c1ccc(C#N)cc1. The molecule has 0 aliphatic heterocycles. The molecule has 0 amide bonds. The summed E-state index contributed by atoms with van der Waals surface area (Å²) >= 11 is 0. The molecule has 0 aliphatic rings. The third-order valence-electron chi connectivity index (χ3n) is 16.7. The minimum atomic E-state index is -0.0716. The fourth-order valence-corrected chi connectivity index (χ4v) is 13.5. The molecule has 4 aromatic heterocycles. The number of nitrogens with zero attached hydrogens (tertiary/aromatic N) is 6. The summed E-state index contributed by atoms with van der Waals surface area (Å²) in [7, 11) is 0. The second kappa shape index (κ2) is 18.1. The molecule has 6 nitrogen and oxygen atoms in total. The van der Waals surface area contributed by atoms with Crippen molar-refractivity contribution in [2.24, 2.45) is 0 Å². The highest BCUT2D eigenvalue weighted by molar-refractivity contribution is 6.28. The molecule has 0 unspecified atom stereocenters. The van der Waals surface area contributed by atoms with Crippen LogP contribution in [-0.2, 0) is 0 Å². The molecule has 4 heterocycles. The molecule has 0 fully saturated rings. The van der Waals surface area contributed by atoms with Gasteiger partial charge in [-0.1, -0.05) is 173 Å². The first kappa shape index (κ1) is 46.9. The van der Waals surface area contributed by atoms with Gasteiger partial charge in [0.25, 0.3) is 0 Å². The molecule has 378 valence electrons. The van der Waals surface area contributed by atoms with Crippen LogP contribution in [0.1, 0.15) is 61.8 Å². The van der Waals surface area contributed by atoms with Gasteiger partial charge in [0, 0.05) is 71.2 Å². The van der Waals surface area contributed by atoms with E-state index in [0.717, 1.165) is 99.9 Å². The maximum Gasteiger partial charge on any atom is 0.0991 e. The second-order valence-corrected chi connectivity index (χ2v) is 21.8. The molecule has 80 heavy (non-hydrogen) atoms. The van der Waals surface area contributed by atoms with Gasteiger partial charge in [-0.15, -0.1) is 0 Å². The Morgan fingerprint density at radius 2 is 0.637 bits per heavy atom. The molecule has 11 aromatic carbocycles. The van der Waals surface area contributed by atoms with Crippen LogP contribution in [0.25, 0.3) is 132 Å². The summed E-state index contributed by atoms with van der Waals surface area (Å²) in [4.78, 5) is 0. The number of aromatic nitrogens is 4. The molecule has 0 spiro atoms. The summed E-state index contributed by atoms with van der Waals surface area (Å²) < 4.78 is 10.1. The molecular weight excluding hydrogens is 973 g/mol. The van der Waals surface area contributed by atoms with Crippen LogP contribution in [-0.4, -0.2) is 18.3 Å². The summed E-state index contributed by atoms with van der Waals surface area (Å²) in [6, 6.07) is 87.7. The van der Waals surface area contributed by atoms with Gasteiger partial charge in [-0.3, -0.25) is 0 Å². The highest BCUT2D eigenvalue weighted by Crippen LogP contribution is 2.54. The maximum absolute atomic E-state index is 10.3. The van der Waals surface area contributed by atoms with Gasteiger partial charge in [0.15, 0.2) is 0 Å². The molecule has 0 radical (unpaired) electrons. The molecule has 15 rings (SSSR count). The number of benzene rings is 11. The number of nitriles is 2. The number of hydrogen-bond acceptors (Lipinski definition) is 2. The van der Waals surface area contributed by atoms with E-state index in [9.17, 15) is 10.5 Å². The van der Waals surface area contributed by atoms with Crippen LogP contribution in [0, 0.1) is 22.7 Å². The number of rotatable bonds is 8. The monoisotopic (exact) mass is 1020 g/mol. The lowest BCUT2D eigenvalue weighted by Crippen LogP contribution is -2.15. The van der Waals surface area contributed by atoms with Gasteiger partial charge in [0.1, 0.15) is 0 Å². The van der Waals surface area contributed by atoms with E-state index in [1.54, 1.807) is 0 Å². The Morgan fingerprint density at radius 3 is 1.00 bits per heavy atom. The molecule has 0 bridgehead atoms. The van der Waals surface area contributed by atoms with Gasteiger partial charge in [0.2, 0.25) is 0 Å². The van der Waals surface area contributed by atoms with Crippen molar-refractivity contribution < 1.29 is 0 Å². The zero-order chi connectivity index (χ0) is 53.9. The highest BCUT2D eigenvalue weighted by Gasteiger charge is 2.35. The van der Waals surface area contributed by atoms with Gasteiger partial charge in [-0.2, -0.15) is 10.5 Å². The van der Waals surface area contributed by atoms with Crippen LogP contribution in [0.5, 0.6) is 0 Å². The first-order chi connectivity index (χ1) is 39.3. The van der Waals surface area contributed by atoms with Crippen molar-refractivity contribution >= 4 is 87.2 Å². The largest absolute Gasteiger partial charge is 0.309 e. The van der Waals surface area contributed by atoms with Crippen molar-refractivity contribution in [3.8, 4) is 57.1 Å². The first-order valence-corrected chi connectivity index (χ1v) is 27.6. The van der Waals surface area contributed by atoms with Crippen LogP contribution in [0.15, 0.2) is 231 Å². The molecule has 0 saturated carbocycles. The summed E-state index contributed by atoms with van der Waals surface area (Å²) in [5.41, 5.74) is 21.2. The van der Waals surface area contributed by atoms with Crippen LogP contribution in [0.3, 0.4) is 0 Å². The fourth-order valence-electron chi connectivity index (χ4n) is 13.5. The maximum atomic E-state index is 10.3. The van der Waals surface area contributed by atoms with Gasteiger partial charge in [-0.25, -0.2) is 0 Å². The summed E-state index contributed by atoms with van der Waals surface area (Å²) in [5, 5.41) is 30.1. The van der Waals surface area contributed by atoms with E-state index in [1.165, 1.54) is 43.4 Å². The lowest BCUT2D eigenvalue weighted by Gasteiger charge is -2.32.